The molecule has 0 amide bonds. The van der Waals surface area contributed by atoms with Crippen LogP contribution in [0.15, 0.2) is 47.4 Å². The monoisotopic (exact) mass is 401 g/mol. The van der Waals surface area contributed by atoms with Gasteiger partial charge in [-0.25, -0.2) is 13.2 Å². The van der Waals surface area contributed by atoms with E-state index in [1.165, 1.54) is 24.3 Å². The molecule has 1 aliphatic heterocycles. The minimum Gasteiger partial charge on any atom is -0.422 e. The van der Waals surface area contributed by atoms with Gasteiger partial charge in [-0.05, 0) is 67.5 Å². The van der Waals surface area contributed by atoms with E-state index in [1.807, 2.05) is 32.0 Å². The van der Waals surface area contributed by atoms with E-state index >= 15 is 0 Å². The van der Waals surface area contributed by atoms with Crippen LogP contribution in [0.25, 0.3) is 0 Å². The quantitative estimate of drug-likeness (QED) is 0.569. The normalized spacial score (nSPS) is 20.7. The van der Waals surface area contributed by atoms with Crippen LogP contribution in [0.2, 0.25) is 0 Å². The molecule has 0 bridgehead atoms. The second-order valence-corrected chi connectivity index (χ2v) is 9.84. The lowest BCUT2D eigenvalue weighted by Crippen LogP contribution is -2.42. The van der Waals surface area contributed by atoms with Crippen LogP contribution in [-0.2, 0) is 10.0 Å². The average Bonchev–Trinajstić information content (AvgIpc) is 2.64. The summed E-state index contributed by atoms with van der Waals surface area (Å²) in [5.74, 6) is 0.720. The number of hydrogen-bond donors (Lipinski definition) is 0. The Bertz CT molecular complexity index is 936. The van der Waals surface area contributed by atoms with Gasteiger partial charge in [-0.3, -0.25) is 0 Å². The second kappa shape index (κ2) is 8.05. The van der Waals surface area contributed by atoms with Gasteiger partial charge in [-0.2, -0.15) is 4.31 Å². The van der Waals surface area contributed by atoms with Crippen LogP contribution in [0, 0.1) is 25.7 Å². The highest BCUT2D eigenvalue weighted by molar-refractivity contribution is 7.89. The first kappa shape index (κ1) is 20.6. The van der Waals surface area contributed by atoms with Crippen molar-refractivity contribution in [2.45, 2.75) is 39.0 Å². The highest BCUT2D eigenvalue weighted by Gasteiger charge is 2.31. The Kier molecular flexibility index (Phi) is 5.91. The zero-order valence-electron chi connectivity index (χ0n) is 16.8. The molecule has 0 spiro atoms. The largest absolute Gasteiger partial charge is 0.422 e. The molecule has 150 valence electrons. The fourth-order valence-corrected chi connectivity index (χ4v) is 5.51. The summed E-state index contributed by atoms with van der Waals surface area (Å²) in [6.07, 6.45) is 1.04. The molecule has 6 heteroatoms. The van der Waals surface area contributed by atoms with Crippen molar-refractivity contribution in [3.63, 3.8) is 0 Å². The Balaban J connectivity index is 1.78. The fourth-order valence-electron chi connectivity index (χ4n) is 3.83. The molecule has 2 unspecified atom stereocenters. The number of nitrogens with zero attached hydrogens (tertiary/aromatic N) is 1. The van der Waals surface area contributed by atoms with Gasteiger partial charge in [0.25, 0.3) is 0 Å². The standard InChI is InChI=1S/C22H27NO4S/c1-15-12-16(2)14-23(13-15)28(25,26)20-10-8-19(9-11-20)22(24)27-21-17(3)6-5-7-18(21)4/h5-11,15-16H,12-14H2,1-4H3. The van der Waals surface area contributed by atoms with Crippen LogP contribution in [0.3, 0.4) is 0 Å². The van der Waals surface area contributed by atoms with E-state index < -0.39 is 16.0 Å². The Hall–Kier alpha value is -2.18. The highest BCUT2D eigenvalue weighted by atomic mass is 32.2. The van der Waals surface area contributed by atoms with E-state index in [0.29, 0.717) is 36.2 Å². The van der Waals surface area contributed by atoms with Crippen LogP contribution < -0.4 is 4.74 Å². The van der Waals surface area contributed by atoms with E-state index in [4.69, 9.17) is 4.74 Å². The summed E-state index contributed by atoms with van der Waals surface area (Å²) in [5, 5.41) is 0. The van der Waals surface area contributed by atoms with Gasteiger partial charge in [-0.15, -0.1) is 0 Å². The SMILES string of the molecule is Cc1cccc(C)c1OC(=O)c1ccc(S(=O)(=O)N2CC(C)CC(C)C2)cc1. The van der Waals surface area contributed by atoms with Crippen LogP contribution in [0.4, 0.5) is 0 Å². The predicted octanol–water partition coefficient (Wildman–Crippen LogP) is 4.19. The van der Waals surface area contributed by atoms with Gasteiger partial charge < -0.3 is 4.74 Å². The third-order valence-corrected chi connectivity index (χ3v) is 7.01. The molecular formula is C22H27NO4S. The lowest BCUT2D eigenvalue weighted by atomic mass is 9.94. The van der Waals surface area contributed by atoms with Gasteiger partial charge in [0.15, 0.2) is 0 Å². The molecule has 0 saturated carbocycles. The molecule has 0 aromatic heterocycles. The first-order valence-corrected chi connectivity index (χ1v) is 11.0. The van der Waals surface area contributed by atoms with E-state index in [0.717, 1.165) is 17.5 Å². The molecule has 2 aromatic rings. The zero-order valence-corrected chi connectivity index (χ0v) is 17.6. The minimum absolute atomic E-state index is 0.206. The molecule has 0 N–H and O–H groups in total. The van der Waals surface area contributed by atoms with E-state index in [-0.39, 0.29) is 4.90 Å². The van der Waals surface area contributed by atoms with E-state index in [9.17, 15) is 13.2 Å². The van der Waals surface area contributed by atoms with Crippen molar-refractivity contribution in [2.75, 3.05) is 13.1 Å². The molecule has 5 nitrogen and oxygen atoms in total. The van der Waals surface area contributed by atoms with Crippen molar-refractivity contribution in [1.82, 2.24) is 4.31 Å². The molecule has 1 aliphatic rings. The number of aryl methyl sites for hydroxylation is 2. The average molecular weight is 402 g/mol. The lowest BCUT2D eigenvalue weighted by Gasteiger charge is -2.34. The summed E-state index contributed by atoms with van der Waals surface area (Å²) < 4.78 is 33.0. The number of benzene rings is 2. The molecule has 0 radical (unpaired) electrons. The topological polar surface area (TPSA) is 63.7 Å². The Morgan fingerprint density at radius 1 is 0.964 bits per heavy atom. The van der Waals surface area contributed by atoms with Crippen LogP contribution in [0.1, 0.15) is 41.8 Å². The van der Waals surface area contributed by atoms with Crippen LogP contribution in [-0.4, -0.2) is 31.8 Å². The molecule has 1 saturated heterocycles. The molecule has 3 rings (SSSR count). The van der Waals surface area contributed by atoms with Gasteiger partial charge in [0.05, 0.1) is 10.5 Å². The molecule has 1 heterocycles. The fraction of sp³-hybridized carbons (Fsp3) is 0.409. The van der Waals surface area contributed by atoms with Crippen molar-refractivity contribution in [2.24, 2.45) is 11.8 Å². The molecular weight excluding hydrogens is 374 g/mol. The number of rotatable bonds is 4. The van der Waals surface area contributed by atoms with Crippen LogP contribution in [0.5, 0.6) is 5.75 Å². The maximum Gasteiger partial charge on any atom is 0.343 e. The summed E-state index contributed by atoms with van der Waals surface area (Å²) in [6, 6.07) is 11.7. The summed E-state index contributed by atoms with van der Waals surface area (Å²) in [4.78, 5) is 12.7. The summed E-state index contributed by atoms with van der Waals surface area (Å²) >= 11 is 0. The van der Waals surface area contributed by atoms with Crippen LogP contribution >= 0.6 is 0 Å². The zero-order chi connectivity index (χ0) is 20.5. The van der Waals surface area contributed by atoms with Gasteiger partial charge in [-0.1, -0.05) is 32.0 Å². The Labute approximate surface area is 167 Å². The molecule has 1 fully saturated rings. The Morgan fingerprint density at radius 3 is 2.04 bits per heavy atom. The second-order valence-electron chi connectivity index (χ2n) is 7.90. The number of carbonyl (C=O) groups excluding carboxylic acids is 1. The smallest absolute Gasteiger partial charge is 0.343 e. The molecule has 28 heavy (non-hydrogen) atoms. The van der Waals surface area contributed by atoms with Crippen molar-refractivity contribution in [1.29, 1.82) is 0 Å². The predicted molar refractivity (Wildman–Crippen MR) is 109 cm³/mol. The molecule has 2 aromatic carbocycles. The number of esters is 1. The number of ether oxygens (including phenoxy) is 1. The maximum absolute atomic E-state index is 12.9. The maximum atomic E-state index is 12.9. The number of piperidine rings is 1. The van der Waals surface area contributed by atoms with Crippen molar-refractivity contribution < 1.29 is 17.9 Å². The highest BCUT2D eigenvalue weighted by Crippen LogP contribution is 2.27. The van der Waals surface area contributed by atoms with E-state index in [1.54, 1.807) is 4.31 Å². The lowest BCUT2D eigenvalue weighted by molar-refractivity contribution is 0.0732. The first-order chi connectivity index (χ1) is 13.2. The van der Waals surface area contributed by atoms with Crippen molar-refractivity contribution in [3.8, 4) is 5.75 Å². The minimum atomic E-state index is -3.56. The van der Waals surface area contributed by atoms with Crippen molar-refractivity contribution >= 4 is 16.0 Å². The third kappa shape index (κ3) is 4.28. The van der Waals surface area contributed by atoms with Gasteiger partial charge >= 0.3 is 5.97 Å². The summed E-state index contributed by atoms with van der Waals surface area (Å²) in [5.41, 5.74) is 2.07. The first-order valence-electron chi connectivity index (χ1n) is 9.57. The summed E-state index contributed by atoms with van der Waals surface area (Å²) in [6.45, 7) is 8.97. The molecule has 0 aliphatic carbocycles. The van der Waals surface area contributed by atoms with E-state index in [2.05, 4.69) is 13.8 Å². The number of para-hydroxylation sites is 1. The van der Waals surface area contributed by atoms with Crippen molar-refractivity contribution in [3.05, 3.63) is 59.2 Å². The van der Waals surface area contributed by atoms with Gasteiger partial charge in [0.1, 0.15) is 5.75 Å². The number of hydrogen-bond acceptors (Lipinski definition) is 4. The third-order valence-electron chi connectivity index (χ3n) is 5.17. The van der Waals surface area contributed by atoms with Gasteiger partial charge in [0.2, 0.25) is 10.0 Å². The number of carbonyl (C=O) groups is 1. The number of sulfonamides is 1. The van der Waals surface area contributed by atoms with Gasteiger partial charge in [0, 0.05) is 13.1 Å². The Morgan fingerprint density at radius 2 is 1.50 bits per heavy atom. The summed E-state index contributed by atoms with van der Waals surface area (Å²) in [7, 11) is -3.56. The molecule has 2 atom stereocenters.